The number of nitrogens with zero attached hydrogens (tertiary/aromatic N) is 1. The smallest absolute Gasteiger partial charge is 0.0587 e. The van der Waals surface area contributed by atoms with Crippen LogP contribution in [0.1, 0.15) is 12.0 Å². The molecule has 0 spiro atoms. The van der Waals surface area contributed by atoms with Gasteiger partial charge >= 0.3 is 0 Å². The summed E-state index contributed by atoms with van der Waals surface area (Å²) in [5, 5.41) is 11.1. The third kappa shape index (κ3) is 2.08. The second-order valence-electron chi connectivity index (χ2n) is 5.12. The highest BCUT2D eigenvalue weighted by Crippen LogP contribution is 2.41. The van der Waals surface area contributed by atoms with Crippen LogP contribution in [0.5, 0.6) is 0 Å². The highest BCUT2D eigenvalue weighted by Gasteiger charge is 2.46. The van der Waals surface area contributed by atoms with Crippen molar-refractivity contribution in [2.45, 2.75) is 19.1 Å². The van der Waals surface area contributed by atoms with Gasteiger partial charge in [0.1, 0.15) is 0 Å². The molecule has 4 heteroatoms. The molecule has 1 saturated carbocycles. The Kier molecular flexibility index (Phi) is 3.07. The monoisotopic (exact) mass is 271 g/mol. The van der Waals surface area contributed by atoms with Crippen molar-refractivity contribution in [2.24, 2.45) is 11.8 Å². The fourth-order valence-corrected chi connectivity index (χ4v) is 3.52. The van der Waals surface area contributed by atoms with Crippen LogP contribution in [-0.2, 0) is 6.54 Å². The van der Waals surface area contributed by atoms with Crippen molar-refractivity contribution in [3.8, 4) is 0 Å². The van der Waals surface area contributed by atoms with Crippen LogP contribution in [0.2, 0.25) is 10.0 Å². The molecule has 1 aromatic rings. The summed E-state index contributed by atoms with van der Waals surface area (Å²) in [7, 11) is 0. The third-order valence-electron chi connectivity index (χ3n) is 4.05. The molecular weight excluding hydrogens is 257 g/mol. The first-order chi connectivity index (χ1) is 8.15. The van der Waals surface area contributed by atoms with Crippen molar-refractivity contribution in [3.05, 3.63) is 33.8 Å². The minimum Gasteiger partial charge on any atom is -0.393 e. The Morgan fingerprint density at radius 1 is 1.24 bits per heavy atom. The van der Waals surface area contributed by atoms with E-state index in [1.165, 1.54) is 0 Å². The Hall–Kier alpha value is -0.280. The van der Waals surface area contributed by atoms with E-state index in [0.717, 1.165) is 41.7 Å². The lowest BCUT2D eigenvalue weighted by Gasteiger charge is -2.35. The summed E-state index contributed by atoms with van der Waals surface area (Å²) in [6, 6.07) is 5.62. The number of likely N-dealkylation sites (tertiary alicyclic amines) is 1. The maximum absolute atomic E-state index is 9.63. The van der Waals surface area contributed by atoms with Crippen LogP contribution >= 0.6 is 23.2 Å². The van der Waals surface area contributed by atoms with Crippen molar-refractivity contribution in [1.29, 1.82) is 0 Å². The van der Waals surface area contributed by atoms with Crippen LogP contribution in [-0.4, -0.2) is 29.2 Å². The average molecular weight is 272 g/mol. The van der Waals surface area contributed by atoms with Crippen molar-refractivity contribution >= 4 is 23.2 Å². The molecule has 3 rings (SSSR count). The Morgan fingerprint density at radius 3 is 2.53 bits per heavy atom. The molecule has 2 fully saturated rings. The van der Waals surface area contributed by atoms with Crippen molar-refractivity contribution in [3.63, 3.8) is 0 Å². The first-order valence-corrected chi connectivity index (χ1v) is 6.74. The molecule has 1 aliphatic carbocycles. The van der Waals surface area contributed by atoms with Gasteiger partial charge in [0.2, 0.25) is 0 Å². The fourth-order valence-electron chi connectivity index (χ4n) is 3.00. The summed E-state index contributed by atoms with van der Waals surface area (Å²) in [4.78, 5) is 2.35. The molecule has 0 unspecified atom stereocenters. The Balaban J connectivity index is 1.72. The molecule has 0 radical (unpaired) electrons. The lowest BCUT2D eigenvalue weighted by molar-refractivity contribution is -0.00435. The van der Waals surface area contributed by atoms with Crippen molar-refractivity contribution in [2.75, 3.05) is 13.1 Å². The minimum atomic E-state index is -0.0910. The molecular formula is C13H15Cl2NO. The zero-order valence-corrected chi connectivity index (χ0v) is 11.0. The van der Waals surface area contributed by atoms with E-state index in [-0.39, 0.29) is 6.10 Å². The van der Waals surface area contributed by atoms with E-state index in [1.54, 1.807) is 0 Å². The molecule has 2 nitrogen and oxygen atoms in total. The van der Waals surface area contributed by atoms with Gasteiger partial charge in [-0.25, -0.2) is 0 Å². The van der Waals surface area contributed by atoms with Gasteiger partial charge in [0.25, 0.3) is 0 Å². The first-order valence-electron chi connectivity index (χ1n) is 5.98. The van der Waals surface area contributed by atoms with E-state index in [9.17, 15) is 5.11 Å². The lowest BCUT2D eigenvalue weighted by atomic mass is 9.74. The number of halogens is 2. The second kappa shape index (κ2) is 4.43. The van der Waals surface area contributed by atoms with Crippen molar-refractivity contribution in [1.82, 2.24) is 4.90 Å². The number of fused-ring (bicyclic) bond motifs is 1. The molecule has 1 N–H and O–H groups in total. The molecule has 17 heavy (non-hydrogen) atoms. The number of hydrogen-bond acceptors (Lipinski definition) is 2. The Morgan fingerprint density at radius 2 is 1.94 bits per heavy atom. The van der Waals surface area contributed by atoms with Crippen LogP contribution in [0.4, 0.5) is 0 Å². The minimum absolute atomic E-state index is 0.0910. The predicted molar refractivity (Wildman–Crippen MR) is 69.3 cm³/mol. The molecule has 3 atom stereocenters. The van der Waals surface area contributed by atoms with E-state index >= 15 is 0 Å². The summed E-state index contributed by atoms with van der Waals surface area (Å²) < 4.78 is 0. The normalized spacial score (nSPS) is 32.3. The summed E-state index contributed by atoms with van der Waals surface area (Å²) in [5.74, 6) is 1.14. The van der Waals surface area contributed by atoms with Gasteiger partial charge in [-0.3, -0.25) is 4.90 Å². The van der Waals surface area contributed by atoms with Crippen LogP contribution in [0.3, 0.4) is 0 Å². The SMILES string of the molecule is O[C@H]1C[C@@H]2CN(Cc3c(Cl)cccc3Cl)C[C@@H]21. The van der Waals surface area contributed by atoms with Crippen LogP contribution in [0, 0.1) is 11.8 Å². The summed E-state index contributed by atoms with van der Waals surface area (Å²) >= 11 is 12.3. The number of rotatable bonds is 2. The van der Waals surface area contributed by atoms with E-state index in [4.69, 9.17) is 23.2 Å². The highest BCUT2D eigenvalue weighted by molar-refractivity contribution is 6.35. The van der Waals surface area contributed by atoms with Crippen LogP contribution in [0.25, 0.3) is 0 Å². The number of hydrogen-bond donors (Lipinski definition) is 1. The van der Waals surface area contributed by atoms with Crippen LogP contribution in [0.15, 0.2) is 18.2 Å². The Labute approximate surface area is 111 Å². The van der Waals surface area contributed by atoms with Crippen molar-refractivity contribution < 1.29 is 5.11 Å². The molecule has 0 bridgehead atoms. The van der Waals surface area contributed by atoms with E-state index in [2.05, 4.69) is 4.90 Å². The molecule has 2 aliphatic rings. The van der Waals surface area contributed by atoms with Gasteiger partial charge in [-0.05, 0) is 24.5 Å². The molecule has 92 valence electrons. The molecule has 0 aromatic heterocycles. The quantitative estimate of drug-likeness (QED) is 0.894. The molecule has 1 heterocycles. The molecule has 1 saturated heterocycles. The van der Waals surface area contributed by atoms with Gasteiger partial charge in [-0.15, -0.1) is 0 Å². The van der Waals surface area contributed by atoms with Gasteiger partial charge in [0, 0.05) is 41.2 Å². The lowest BCUT2D eigenvalue weighted by Crippen LogP contribution is -2.39. The van der Waals surface area contributed by atoms with Gasteiger partial charge in [-0.1, -0.05) is 29.3 Å². The summed E-state index contributed by atoms with van der Waals surface area (Å²) in [5.41, 5.74) is 1.01. The third-order valence-corrected chi connectivity index (χ3v) is 4.76. The molecule has 1 aromatic carbocycles. The maximum Gasteiger partial charge on any atom is 0.0587 e. The maximum atomic E-state index is 9.63. The van der Waals surface area contributed by atoms with Crippen LogP contribution < -0.4 is 0 Å². The van der Waals surface area contributed by atoms with E-state index in [0.29, 0.717) is 11.8 Å². The molecule has 1 aliphatic heterocycles. The number of benzene rings is 1. The standard InChI is InChI=1S/C13H15Cl2NO/c14-11-2-1-3-12(15)10(11)7-16-5-8-4-13(17)9(8)6-16/h1-3,8-9,13,17H,4-7H2/t8-,9+,13+/m1/s1. The van der Waals surface area contributed by atoms with E-state index < -0.39 is 0 Å². The highest BCUT2D eigenvalue weighted by atomic mass is 35.5. The second-order valence-corrected chi connectivity index (χ2v) is 5.94. The predicted octanol–water partition coefficient (Wildman–Crippen LogP) is 2.81. The number of aliphatic hydroxyl groups is 1. The van der Waals surface area contributed by atoms with E-state index in [1.807, 2.05) is 18.2 Å². The zero-order chi connectivity index (χ0) is 12.0. The Bertz CT molecular complexity index is 417. The van der Waals surface area contributed by atoms with Gasteiger partial charge in [0.05, 0.1) is 6.10 Å². The summed E-state index contributed by atoms with van der Waals surface area (Å²) in [6.45, 7) is 2.81. The fraction of sp³-hybridized carbons (Fsp3) is 0.538. The van der Waals surface area contributed by atoms with Gasteiger partial charge in [-0.2, -0.15) is 0 Å². The largest absolute Gasteiger partial charge is 0.393 e. The van der Waals surface area contributed by atoms with Gasteiger partial charge in [0.15, 0.2) is 0 Å². The zero-order valence-electron chi connectivity index (χ0n) is 9.44. The topological polar surface area (TPSA) is 23.5 Å². The average Bonchev–Trinajstić information content (AvgIpc) is 2.61. The number of aliphatic hydroxyl groups excluding tert-OH is 1. The van der Waals surface area contributed by atoms with Gasteiger partial charge < -0.3 is 5.11 Å². The molecule has 0 amide bonds. The summed E-state index contributed by atoms with van der Waals surface area (Å²) in [6.07, 6.45) is 0.865. The first kappa shape index (κ1) is 11.8.